The fourth-order valence-electron chi connectivity index (χ4n) is 3.92. The number of aryl methyl sites for hydroxylation is 1. The number of phenols is 1. The van der Waals surface area contributed by atoms with Gasteiger partial charge in [-0.15, -0.1) is 0 Å². The Morgan fingerprint density at radius 3 is 2.22 bits per heavy atom. The van der Waals surface area contributed by atoms with Gasteiger partial charge in [-0.2, -0.15) is 4.31 Å². The number of aliphatic hydroxyl groups excluding tert-OH is 1. The summed E-state index contributed by atoms with van der Waals surface area (Å²) in [4.78, 5) is 13.1. The van der Waals surface area contributed by atoms with Gasteiger partial charge in [0.05, 0.1) is 17.0 Å². The van der Waals surface area contributed by atoms with Gasteiger partial charge in [-0.25, -0.2) is 8.42 Å². The van der Waals surface area contributed by atoms with E-state index in [0.717, 1.165) is 11.1 Å². The molecular weight excluding hydrogens is 476 g/mol. The molecule has 192 valence electrons. The number of benzene rings is 3. The highest BCUT2D eigenvalue weighted by molar-refractivity contribution is 7.89. The molecule has 3 rings (SSSR count). The maximum absolute atomic E-state index is 13.5. The molecular formula is C28H34N2O5S. The van der Waals surface area contributed by atoms with Crippen molar-refractivity contribution in [2.45, 2.75) is 44.2 Å². The van der Waals surface area contributed by atoms with Crippen molar-refractivity contribution in [3.63, 3.8) is 0 Å². The summed E-state index contributed by atoms with van der Waals surface area (Å²) in [5.74, 6) is -0.496. The van der Waals surface area contributed by atoms with Crippen LogP contribution >= 0.6 is 0 Å². The average molecular weight is 511 g/mol. The first kappa shape index (κ1) is 27.4. The Morgan fingerprint density at radius 2 is 1.61 bits per heavy atom. The molecule has 3 aromatic rings. The van der Waals surface area contributed by atoms with Crippen molar-refractivity contribution in [2.75, 3.05) is 13.1 Å². The molecule has 0 aliphatic heterocycles. The van der Waals surface area contributed by atoms with Gasteiger partial charge in [0.25, 0.3) is 5.91 Å². The molecule has 0 saturated carbocycles. The number of nitrogens with one attached hydrogen (secondary N) is 1. The summed E-state index contributed by atoms with van der Waals surface area (Å²) in [7, 11) is -3.87. The normalized spacial score (nSPS) is 13.5. The summed E-state index contributed by atoms with van der Waals surface area (Å²) in [6.07, 6.45) is -0.891. The van der Waals surface area contributed by atoms with Crippen molar-refractivity contribution < 1.29 is 23.4 Å². The molecule has 0 radical (unpaired) electrons. The smallest absolute Gasteiger partial charge is 0.251 e. The summed E-state index contributed by atoms with van der Waals surface area (Å²) in [6, 6.07) is 21.1. The van der Waals surface area contributed by atoms with Crippen LogP contribution in [-0.4, -0.2) is 54.1 Å². The van der Waals surface area contributed by atoms with Gasteiger partial charge in [-0.05, 0) is 55.2 Å². The third-order valence-corrected chi connectivity index (χ3v) is 7.65. The zero-order valence-corrected chi connectivity index (χ0v) is 21.7. The fourth-order valence-corrected chi connectivity index (χ4v) is 5.54. The zero-order valence-electron chi connectivity index (χ0n) is 20.8. The quantitative estimate of drug-likeness (QED) is 0.364. The van der Waals surface area contributed by atoms with Gasteiger partial charge in [0.2, 0.25) is 10.0 Å². The van der Waals surface area contributed by atoms with Gasteiger partial charge in [0.15, 0.2) is 0 Å². The molecule has 0 bridgehead atoms. The third-order valence-electron chi connectivity index (χ3n) is 5.81. The molecule has 7 nitrogen and oxygen atoms in total. The number of amides is 1. The van der Waals surface area contributed by atoms with Crippen LogP contribution in [0.3, 0.4) is 0 Å². The minimum Gasteiger partial charge on any atom is -0.508 e. The zero-order chi connectivity index (χ0) is 26.3. The molecule has 3 aromatic carbocycles. The SMILES string of the molecule is Cc1ccc(S(=O)(=O)N(CC(C)C)C[C@@H](O)[C@H](Cc2ccccc2)NC(=O)c2cccc(O)c2)cc1. The number of rotatable bonds is 11. The Labute approximate surface area is 213 Å². The molecule has 0 heterocycles. The van der Waals surface area contributed by atoms with Gasteiger partial charge < -0.3 is 15.5 Å². The van der Waals surface area contributed by atoms with Crippen LogP contribution in [0.25, 0.3) is 0 Å². The molecule has 36 heavy (non-hydrogen) atoms. The molecule has 0 saturated heterocycles. The summed E-state index contributed by atoms with van der Waals surface area (Å²) in [5.41, 5.74) is 2.07. The van der Waals surface area contributed by atoms with Gasteiger partial charge in [-0.3, -0.25) is 4.79 Å². The first-order valence-corrected chi connectivity index (χ1v) is 13.4. The molecule has 1 amide bonds. The molecule has 0 fully saturated rings. The number of hydrogen-bond acceptors (Lipinski definition) is 5. The molecule has 3 N–H and O–H groups in total. The number of hydrogen-bond donors (Lipinski definition) is 3. The van der Waals surface area contributed by atoms with E-state index in [-0.39, 0.29) is 35.2 Å². The van der Waals surface area contributed by atoms with E-state index in [0.29, 0.717) is 6.42 Å². The minimum atomic E-state index is -3.87. The van der Waals surface area contributed by atoms with Gasteiger partial charge in [0, 0.05) is 18.7 Å². The second-order valence-electron chi connectivity index (χ2n) is 9.42. The minimum absolute atomic E-state index is 0.0203. The van der Waals surface area contributed by atoms with Gasteiger partial charge in [-0.1, -0.05) is 67.9 Å². The van der Waals surface area contributed by atoms with E-state index in [1.807, 2.05) is 51.1 Å². The van der Waals surface area contributed by atoms with E-state index in [1.54, 1.807) is 36.4 Å². The lowest BCUT2D eigenvalue weighted by Gasteiger charge is -2.31. The van der Waals surface area contributed by atoms with E-state index >= 15 is 0 Å². The monoisotopic (exact) mass is 510 g/mol. The first-order valence-electron chi connectivity index (χ1n) is 11.9. The van der Waals surface area contributed by atoms with Gasteiger partial charge in [0.1, 0.15) is 5.75 Å². The van der Waals surface area contributed by atoms with Crippen LogP contribution in [0.5, 0.6) is 5.75 Å². The Morgan fingerprint density at radius 1 is 0.944 bits per heavy atom. The lowest BCUT2D eigenvalue weighted by Crippen LogP contribution is -2.51. The molecule has 8 heteroatoms. The summed E-state index contributed by atoms with van der Waals surface area (Å²) >= 11 is 0. The maximum Gasteiger partial charge on any atom is 0.251 e. The number of carbonyl (C=O) groups is 1. The lowest BCUT2D eigenvalue weighted by molar-refractivity contribution is 0.0775. The van der Waals surface area contributed by atoms with Crippen LogP contribution < -0.4 is 5.32 Å². The van der Waals surface area contributed by atoms with E-state index < -0.39 is 28.1 Å². The number of sulfonamides is 1. The molecule has 0 aliphatic rings. The highest BCUT2D eigenvalue weighted by atomic mass is 32.2. The van der Waals surface area contributed by atoms with Crippen LogP contribution in [0.1, 0.15) is 35.3 Å². The van der Waals surface area contributed by atoms with E-state index in [9.17, 15) is 23.4 Å². The standard InChI is InChI=1S/C28H34N2O5S/c1-20(2)18-30(36(34,35)25-14-12-21(3)13-15-25)19-27(32)26(16-22-8-5-4-6-9-22)29-28(33)23-10-7-11-24(31)17-23/h4-15,17,20,26-27,31-32H,16,18-19H2,1-3H3,(H,29,33)/t26-,27+/m0/s1. The molecule has 2 atom stereocenters. The van der Waals surface area contributed by atoms with Gasteiger partial charge >= 0.3 is 0 Å². The Kier molecular flexibility index (Phi) is 9.25. The molecule has 0 unspecified atom stereocenters. The maximum atomic E-state index is 13.5. The van der Waals surface area contributed by atoms with Crippen LogP contribution in [0, 0.1) is 12.8 Å². The molecule has 0 aliphatic carbocycles. The second-order valence-corrected chi connectivity index (χ2v) is 11.4. The summed E-state index contributed by atoms with van der Waals surface area (Å²) in [5, 5.41) is 23.9. The van der Waals surface area contributed by atoms with Crippen LogP contribution in [-0.2, 0) is 16.4 Å². The van der Waals surface area contributed by atoms with E-state index in [2.05, 4.69) is 5.32 Å². The first-order chi connectivity index (χ1) is 17.1. The van der Waals surface area contributed by atoms with Crippen LogP contribution in [0.2, 0.25) is 0 Å². The lowest BCUT2D eigenvalue weighted by atomic mass is 10.00. The van der Waals surface area contributed by atoms with Crippen molar-refractivity contribution >= 4 is 15.9 Å². The van der Waals surface area contributed by atoms with E-state index in [1.165, 1.54) is 16.4 Å². The Balaban J connectivity index is 1.88. The predicted octanol–water partition coefficient (Wildman–Crippen LogP) is 3.75. The number of carbonyl (C=O) groups excluding carboxylic acids is 1. The molecule has 0 spiro atoms. The fraction of sp³-hybridized carbons (Fsp3) is 0.321. The largest absolute Gasteiger partial charge is 0.508 e. The van der Waals surface area contributed by atoms with Crippen LogP contribution in [0.15, 0.2) is 83.8 Å². The number of aromatic hydroxyl groups is 1. The Bertz CT molecular complexity index is 1240. The predicted molar refractivity (Wildman–Crippen MR) is 140 cm³/mol. The van der Waals surface area contributed by atoms with Crippen molar-refractivity contribution in [3.05, 3.63) is 95.6 Å². The second kappa shape index (κ2) is 12.2. The van der Waals surface area contributed by atoms with E-state index in [4.69, 9.17) is 0 Å². The molecule has 0 aromatic heterocycles. The summed E-state index contributed by atoms with van der Waals surface area (Å²) in [6.45, 7) is 5.73. The van der Waals surface area contributed by atoms with Crippen LogP contribution in [0.4, 0.5) is 0 Å². The Hall–Kier alpha value is -3.20. The third kappa shape index (κ3) is 7.40. The van der Waals surface area contributed by atoms with Crippen molar-refractivity contribution in [1.82, 2.24) is 9.62 Å². The highest BCUT2D eigenvalue weighted by Crippen LogP contribution is 2.20. The number of phenolic OH excluding ortho intramolecular Hbond substituents is 1. The number of aliphatic hydroxyl groups is 1. The number of nitrogens with zero attached hydrogens (tertiary/aromatic N) is 1. The van der Waals surface area contributed by atoms with Crippen molar-refractivity contribution in [3.8, 4) is 5.75 Å². The topological polar surface area (TPSA) is 107 Å². The summed E-state index contributed by atoms with van der Waals surface area (Å²) < 4.78 is 28.2. The van der Waals surface area contributed by atoms with Crippen molar-refractivity contribution in [2.24, 2.45) is 5.92 Å². The highest BCUT2D eigenvalue weighted by Gasteiger charge is 2.31. The van der Waals surface area contributed by atoms with Crippen molar-refractivity contribution in [1.29, 1.82) is 0 Å². The average Bonchev–Trinajstić information content (AvgIpc) is 2.83.